The summed E-state index contributed by atoms with van der Waals surface area (Å²) in [5, 5.41) is 11.3. The van der Waals surface area contributed by atoms with Gasteiger partial charge in [-0.2, -0.15) is 0 Å². The van der Waals surface area contributed by atoms with Gasteiger partial charge < -0.3 is 19.3 Å². The fourth-order valence-electron chi connectivity index (χ4n) is 3.10. The van der Waals surface area contributed by atoms with Crippen molar-refractivity contribution in [1.29, 1.82) is 0 Å². The van der Waals surface area contributed by atoms with E-state index >= 15 is 0 Å². The Hall–Kier alpha value is -3.20. The first-order valence-corrected chi connectivity index (χ1v) is 8.96. The molecule has 1 saturated heterocycles. The van der Waals surface area contributed by atoms with Crippen LogP contribution in [0, 0.1) is 10.1 Å². The highest BCUT2D eigenvalue weighted by Crippen LogP contribution is 2.28. The summed E-state index contributed by atoms with van der Waals surface area (Å²) in [6, 6.07) is 10.0. The van der Waals surface area contributed by atoms with Crippen molar-refractivity contribution in [1.82, 2.24) is 9.88 Å². The van der Waals surface area contributed by atoms with Gasteiger partial charge in [0.25, 0.3) is 11.6 Å². The number of nitro groups is 1. The molecular weight excluding hydrogens is 364 g/mol. The van der Waals surface area contributed by atoms with Gasteiger partial charge in [-0.05, 0) is 18.2 Å². The largest absolute Gasteiger partial charge is 0.475 e. The van der Waals surface area contributed by atoms with Crippen LogP contribution in [0.15, 0.2) is 42.6 Å². The van der Waals surface area contributed by atoms with Gasteiger partial charge in [-0.15, -0.1) is 0 Å². The quantitative estimate of drug-likeness (QED) is 0.408. The van der Waals surface area contributed by atoms with E-state index in [9.17, 15) is 14.9 Å². The summed E-state index contributed by atoms with van der Waals surface area (Å²) in [7, 11) is 1.57. The molecule has 0 bridgehead atoms. The lowest BCUT2D eigenvalue weighted by Gasteiger charge is -2.35. The van der Waals surface area contributed by atoms with E-state index in [0.717, 1.165) is 0 Å². The molecule has 1 amide bonds. The smallest absolute Gasteiger partial charge is 0.292 e. The zero-order chi connectivity index (χ0) is 19.9. The standard InChI is InChI=1S/C19H22N4O5/c1-27-13-14-28-18-15(5-4-8-20-18)19(24)22-11-9-21(10-12-22)16-6-2-3-7-17(16)23(25)26/h2-8H,9-14H2,1H3. The molecule has 0 aliphatic carbocycles. The topological polar surface area (TPSA) is 98.0 Å². The van der Waals surface area contributed by atoms with E-state index < -0.39 is 0 Å². The number of aromatic nitrogens is 1. The van der Waals surface area contributed by atoms with Crippen LogP contribution in [0.4, 0.5) is 11.4 Å². The molecule has 1 aliphatic rings. The zero-order valence-electron chi connectivity index (χ0n) is 15.6. The van der Waals surface area contributed by atoms with Gasteiger partial charge in [0, 0.05) is 45.6 Å². The van der Waals surface area contributed by atoms with E-state index in [-0.39, 0.29) is 22.4 Å². The van der Waals surface area contributed by atoms with Crippen molar-refractivity contribution in [3.8, 4) is 5.88 Å². The predicted octanol–water partition coefficient (Wildman–Crippen LogP) is 1.98. The number of rotatable bonds is 7. The number of benzene rings is 1. The van der Waals surface area contributed by atoms with Crippen LogP contribution in [0.5, 0.6) is 5.88 Å². The van der Waals surface area contributed by atoms with E-state index in [1.54, 1.807) is 48.5 Å². The molecule has 0 N–H and O–H groups in total. The Labute approximate surface area is 162 Å². The minimum absolute atomic E-state index is 0.0726. The van der Waals surface area contributed by atoms with Crippen LogP contribution in [0.2, 0.25) is 0 Å². The second kappa shape index (κ2) is 9.14. The number of carbonyl (C=O) groups is 1. The number of para-hydroxylation sites is 2. The number of pyridine rings is 1. The Morgan fingerprint density at radius 3 is 2.61 bits per heavy atom. The number of ether oxygens (including phenoxy) is 2. The number of hydrogen-bond acceptors (Lipinski definition) is 7. The van der Waals surface area contributed by atoms with Crippen LogP contribution >= 0.6 is 0 Å². The van der Waals surface area contributed by atoms with Crippen LogP contribution < -0.4 is 9.64 Å². The number of nitrogens with zero attached hydrogens (tertiary/aromatic N) is 4. The second-order valence-electron chi connectivity index (χ2n) is 6.22. The average Bonchev–Trinajstić information content (AvgIpc) is 2.74. The number of methoxy groups -OCH3 is 1. The maximum absolute atomic E-state index is 12.9. The summed E-state index contributed by atoms with van der Waals surface area (Å²) < 4.78 is 10.5. The van der Waals surface area contributed by atoms with Crippen LogP contribution in [0.3, 0.4) is 0 Å². The van der Waals surface area contributed by atoms with Crippen LogP contribution in [0.1, 0.15) is 10.4 Å². The van der Waals surface area contributed by atoms with Crippen LogP contribution in [0.25, 0.3) is 0 Å². The molecule has 2 aromatic rings. The monoisotopic (exact) mass is 386 g/mol. The number of nitro benzene ring substituents is 1. The Balaban J connectivity index is 1.67. The Morgan fingerprint density at radius 2 is 1.89 bits per heavy atom. The summed E-state index contributed by atoms with van der Waals surface area (Å²) in [6.45, 7) is 2.64. The second-order valence-corrected chi connectivity index (χ2v) is 6.22. The lowest BCUT2D eigenvalue weighted by Crippen LogP contribution is -2.49. The van der Waals surface area contributed by atoms with Gasteiger partial charge in [0.15, 0.2) is 0 Å². The van der Waals surface area contributed by atoms with E-state index in [1.165, 1.54) is 6.07 Å². The van der Waals surface area contributed by atoms with E-state index in [2.05, 4.69) is 4.98 Å². The lowest BCUT2D eigenvalue weighted by atomic mass is 10.2. The first-order chi connectivity index (χ1) is 13.6. The molecule has 3 rings (SSSR count). The maximum atomic E-state index is 12.9. The molecule has 0 spiro atoms. The Bertz CT molecular complexity index is 837. The van der Waals surface area contributed by atoms with E-state index in [1.807, 2.05) is 4.90 Å². The van der Waals surface area contributed by atoms with Crippen molar-refractivity contribution in [2.45, 2.75) is 0 Å². The highest BCUT2D eigenvalue weighted by Gasteiger charge is 2.27. The zero-order valence-corrected chi connectivity index (χ0v) is 15.6. The summed E-state index contributed by atoms with van der Waals surface area (Å²) >= 11 is 0. The van der Waals surface area contributed by atoms with Gasteiger partial charge >= 0.3 is 0 Å². The van der Waals surface area contributed by atoms with Crippen LogP contribution in [-0.4, -0.2) is 67.2 Å². The molecule has 2 heterocycles. The summed E-state index contributed by atoms with van der Waals surface area (Å²) in [6.07, 6.45) is 1.57. The minimum Gasteiger partial charge on any atom is -0.475 e. The molecule has 1 aromatic heterocycles. The fraction of sp³-hybridized carbons (Fsp3) is 0.368. The minimum atomic E-state index is -0.383. The lowest BCUT2D eigenvalue weighted by molar-refractivity contribution is -0.384. The molecule has 0 unspecified atom stereocenters. The fourth-order valence-corrected chi connectivity index (χ4v) is 3.10. The molecule has 0 saturated carbocycles. The van der Waals surface area contributed by atoms with E-state index in [4.69, 9.17) is 9.47 Å². The van der Waals surface area contributed by atoms with Crippen molar-refractivity contribution in [3.05, 3.63) is 58.3 Å². The summed E-state index contributed by atoms with van der Waals surface area (Å²) in [5.41, 5.74) is 1.05. The highest BCUT2D eigenvalue weighted by molar-refractivity contribution is 5.96. The number of anilines is 1. The van der Waals surface area contributed by atoms with Gasteiger partial charge in [-0.25, -0.2) is 4.98 Å². The maximum Gasteiger partial charge on any atom is 0.292 e. The number of piperazine rings is 1. The van der Waals surface area contributed by atoms with Crippen molar-refractivity contribution in [2.24, 2.45) is 0 Å². The molecule has 1 aromatic carbocycles. The molecule has 28 heavy (non-hydrogen) atoms. The molecular formula is C19H22N4O5. The van der Waals surface area contributed by atoms with Gasteiger partial charge in [0.2, 0.25) is 5.88 Å². The van der Waals surface area contributed by atoms with Gasteiger partial charge in [-0.3, -0.25) is 14.9 Å². The van der Waals surface area contributed by atoms with Crippen LogP contribution in [-0.2, 0) is 4.74 Å². The van der Waals surface area contributed by atoms with Crippen molar-refractivity contribution >= 4 is 17.3 Å². The van der Waals surface area contributed by atoms with Crippen molar-refractivity contribution in [3.63, 3.8) is 0 Å². The van der Waals surface area contributed by atoms with Gasteiger partial charge in [-0.1, -0.05) is 12.1 Å². The van der Waals surface area contributed by atoms with Gasteiger partial charge in [0.1, 0.15) is 17.9 Å². The summed E-state index contributed by atoms with van der Waals surface area (Å²) in [5.74, 6) is 0.119. The molecule has 9 heteroatoms. The van der Waals surface area contributed by atoms with Crippen molar-refractivity contribution in [2.75, 3.05) is 51.4 Å². The third-order valence-corrected chi connectivity index (χ3v) is 4.51. The molecule has 1 aliphatic heterocycles. The molecule has 0 atom stereocenters. The van der Waals surface area contributed by atoms with Gasteiger partial charge in [0.05, 0.1) is 11.5 Å². The Morgan fingerprint density at radius 1 is 1.14 bits per heavy atom. The molecule has 1 fully saturated rings. The number of amides is 1. The molecule has 0 radical (unpaired) electrons. The SMILES string of the molecule is COCCOc1ncccc1C(=O)N1CCN(c2ccccc2[N+](=O)[O-])CC1. The predicted molar refractivity (Wildman–Crippen MR) is 103 cm³/mol. The average molecular weight is 386 g/mol. The third kappa shape index (κ3) is 4.37. The number of carbonyl (C=O) groups excluding carboxylic acids is 1. The molecule has 148 valence electrons. The first-order valence-electron chi connectivity index (χ1n) is 8.96. The first kappa shape index (κ1) is 19.6. The summed E-state index contributed by atoms with van der Waals surface area (Å²) in [4.78, 5) is 31.6. The highest BCUT2D eigenvalue weighted by atomic mass is 16.6. The molecule has 9 nitrogen and oxygen atoms in total. The number of hydrogen-bond donors (Lipinski definition) is 0. The Kier molecular flexibility index (Phi) is 6.38. The van der Waals surface area contributed by atoms with E-state index in [0.29, 0.717) is 50.6 Å². The van der Waals surface area contributed by atoms with Crippen molar-refractivity contribution < 1.29 is 19.2 Å². The normalized spacial score (nSPS) is 14.0. The third-order valence-electron chi connectivity index (χ3n) is 4.51.